The SMILES string of the molecule is N/C(=N/O)c1ccc(Br)cc1N1CCCc2ccccc21. The van der Waals surface area contributed by atoms with Crippen LogP contribution in [0, 0.1) is 0 Å². The van der Waals surface area contributed by atoms with E-state index in [0.29, 0.717) is 0 Å². The topological polar surface area (TPSA) is 61.9 Å². The van der Waals surface area contributed by atoms with Gasteiger partial charge < -0.3 is 15.8 Å². The molecule has 0 radical (unpaired) electrons. The van der Waals surface area contributed by atoms with Gasteiger partial charge in [0, 0.05) is 22.3 Å². The molecule has 0 aliphatic carbocycles. The molecule has 0 amide bonds. The number of para-hydroxylation sites is 1. The Morgan fingerprint density at radius 3 is 2.81 bits per heavy atom. The molecular weight excluding hydrogens is 330 g/mol. The molecule has 1 heterocycles. The van der Waals surface area contributed by atoms with E-state index in [1.807, 2.05) is 24.3 Å². The number of halogens is 1. The van der Waals surface area contributed by atoms with Gasteiger partial charge in [0.05, 0.1) is 5.69 Å². The molecule has 0 saturated carbocycles. The fourth-order valence-corrected chi connectivity index (χ4v) is 3.13. The van der Waals surface area contributed by atoms with E-state index in [1.54, 1.807) is 0 Å². The summed E-state index contributed by atoms with van der Waals surface area (Å²) < 4.78 is 0.968. The van der Waals surface area contributed by atoms with Crippen LogP contribution in [0.4, 0.5) is 11.4 Å². The number of fused-ring (bicyclic) bond motifs is 1. The lowest BCUT2D eigenvalue weighted by Gasteiger charge is -2.32. The zero-order valence-electron chi connectivity index (χ0n) is 11.5. The lowest BCUT2D eigenvalue weighted by atomic mass is 10.00. The molecule has 1 aliphatic heterocycles. The third kappa shape index (κ3) is 2.61. The third-order valence-electron chi connectivity index (χ3n) is 3.74. The smallest absolute Gasteiger partial charge is 0.172 e. The number of nitrogens with two attached hydrogens (primary N) is 1. The zero-order valence-corrected chi connectivity index (χ0v) is 13.0. The Morgan fingerprint density at radius 1 is 1.19 bits per heavy atom. The first kappa shape index (κ1) is 13.9. The van der Waals surface area contributed by atoms with E-state index in [9.17, 15) is 0 Å². The number of rotatable bonds is 2. The summed E-state index contributed by atoms with van der Waals surface area (Å²) in [4.78, 5) is 2.23. The summed E-state index contributed by atoms with van der Waals surface area (Å²) in [6, 6.07) is 14.1. The Balaban J connectivity index is 2.15. The third-order valence-corrected chi connectivity index (χ3v) is 4.24. The van der Waals surface area contributed by atoms with Crippen molar-refractivity contribution >= 4 is 33.1 Å². The van der Waals surface area contributed by atoms with Gasteiger partial charge in [0.1, 0.15) is 0 Å². The molecule has 21 heavy (non-hydrogen) atoms. The molecule has 3 rings (SSSR count). The first-order chi connectivity index (χ1) is 10.2. The number of oxime groups is 1. The Kier molecular flexibility index (Phi) is 3.84. The largest absolute Gasteiger partial charge is 0.409 e. The zero-order chi connectivity index (χ0) is 14.8. The summed E-state index contributed by atoms with van der Waals surface area (Å²) in [5.41, 5.74) is 10.0. The van der Waals surface area contributed by atoms with E-state index in [4.69, 9.17) is 10.9 Å². The fraction of sp³-hybridized carbons (Fsp3) is 0.188. The number of nitrogens with zero attached hydrogens (tertiary/aromatic N) is 2. The van der Waals surface area contributed by atoms with Crippen molar-refractivity contribution < 1.29 is 5.21 Å². The molecule has 2 aromatic rings. The Morgan fingerprint density at radius 2 is 2.00 bits per heavy atom. The van der Waals surface area contributed by atoms with Gasteiger partial charge >= 0.3 is 0 Å². The standard InChI is InChI=1S/C16H16BrN3O/c17-12-7-8-13(16(18)19-21)15(10-12)20-9-3-5-11-4-1-2-6-14(11)20/h1-2,4,6-8,10,21H,3,5,9H2,(H2,18,19). The number of amidine groups is 1. The van der Waals surface area contributed by atoms with E-state index in [-0.39, 0.29) is 5.84 Å². The van der Waals surface area contributed by atoms with Crippen LogP contribution in [0.1, 0.15) is 17.5 Å². The first-order valence-electron chi connectivity index (χ1n) is 6.83. The van der Waals surface area contributed by atoms with E-state index < -0.39 is 0 Å². The average Bonchev–Trinajstić information content (AvgIpc) is 2.53. The number of anilines is 2. The molecule has 108 valence electrons. The second-order valence-electron chi connectivity index (χ2n) is 5.03. The summed E-state index contributed by atoms with van der Waals surface area (Å²) in [7, 11) is 0. The molecular formula is C16H16BrN3O. The summed E-state index contributed by atoms with van der Waals surface area (Å²) in [5.74, 6) is 0.126. The fourth-order valence-electron chi connectivity index (χ4n) is 2.78. The Labute approximate surface area is 132 Å². The van der Waals surface area contributed by atoms with E-state index in [1.165, 1.54) is 11.3 Å². The number of hydrogen-bond donors (Lipinski definition) is 2. The molecule has 0 bridgehead atoms. The van der Waals surface area contributed by atoms with Crippen LogP contribution >= 0.6 is 15.9 Å². The van der Waals surface area contributed by atoms with Crippen molar-refractivity contribution in [2.24, 2.45) is 10.9 Å². The molecule has 4 nitrogen and oxygen atoms in total. The van der Waals surface area contributed by atoms with E-state index in [2.05, 4.69) is 44.2 Å². The summed E-state index contributed by atoms with van der Waals surface area (Å²) in [6.45, 7) is 0.916. The number of aryl methyl sites for hydroxylation is 1. The second-order valence-corrected chi connectivity index (χ2v) is 5.95. The van der Waals surface area contributed by atoms with Crippen LogP contribution < -0.4 is 10.6 Å². The van der Waals surface area contributed by atoms with Crippen LogP contribution in [-0.2, 0) is 6.42 Å². The molecule has 5 heteroatoms. The van der Waals surface area contributed by atoms with Gasteiger partial charge in [-0.05, 0) is 42.7 Å². The maximum absolute atomic E-state index is 9.01. The highest BCUT2D eigenvalue weighted by molar-refractivity contribution is 9.10. The van der Waals surface area contributed by atoms with Gasteiger partial charge in [0.2, 0.25) is 0 Å². The average molecular weight is 346 g/mol. The molecule has 3 N–H and O–H groups in total. The molecule has 2 aromatic carbocycles. The van der Waals surface area contributed by atoms with E-state index >= 15 is 0 Å². The maximum atomic E-state index is 9.01. The van der Waals surface area contributed by atoms with Gasteiger partial charge in [-0.1, -0.05) is 39.3 Å². The highest BCUT2D eigenvalue weighted by atomic mass is 79.9. The lowest BCUT2D eigenvalue weighted by molar-refractivity contribution is 0.318. The van der Waals surface area contributed by atoms with Gasteiger partial charge in [-0.2, -0.15) is 0 Å². The predicted molar refractivity (Wildman–Crippen MR) is 88.4 cm³/mol. The van der Waals surface area contributed by atoms with Crippen molar-refractivity contribution in [3.8, 4) is 0 Å². The first-order valence-corrected chi connectivity index (χ1v) is 7.63. The van der Waals surface area contributed by atoms with Crippen LogP contribution in [0.15, 0.2) is 52.1 Å². The van der Waals surface area contributed by atoms with Gasteiger partial charge in [0.25, 0.3) is 0 Å². The quantitative estimate of drug-likeness (QED) is 0.378. The van der Waals surface area contributed by atoms with Crippen LogP contribution in [0.2, 0.25) is 0 Å². The normalized spacial score (nSPS) is 14.9. The predicted octanol–water partition coefficient (Wildman–Crippen LogP) is 3.63. The van der Waals surface area contributed by atoms with Crippen LogP contribution in [0.25, 0.3) is 0 Å². The van der Waals surface area contributed by atoms with Gasteiger partial charge in [0.15, 0.2) is 5.84 Å². The number of benzene rings is 2. The van der Waals surface area contributed by atoms with E-state index in [0.717, 1.165) is 35.1 Å². The molecule has 0 aromatic heterocycles. The molecule has 0 spiro atoms. The maximum Gasteiger partial charge on any atom is 0.172 e. The van der Waals surface area contributed by atoms with Crippen molar-refractivity contribution in [2.45, 2.75) is 12.8 Å². The van der Waals surface area contributed by atoms with Crippen molar-refractivity contribution in [1.82, 2.24) is 0 Å². The minimum absolute atomic E-state index is 0.126. The van der Waals surface area contributed by atoms with Crippen molar-refractivity contribution in [3.05, 3.63) is 58.1 Å². The minimum atomic E-state index is 0.126. The highest BCUT2D eigenvalue weighted by Gasteiger charge is 2.21. The highest BCUT2D eigenvalue weighted by Crippen LogP contribution is 2.36. The van der Waals surface area contributed by atoms with Gasteiger partial charge in [-0.3, -0.25) is 0 Å². The molecule has 0 fully saturated rings. The van der Waals surface area contributed by atoms with Crippen LogP contribution in [-0.4, -0.2) is 17.6 Å². The van der Waals surface area contributed by atoms with Crippen LogP contribution in [0.3, 0.4) is 0 Å². The molecule has 0 atom stereocenters. The summed E-state index contributed by atoms with van der Waals surface area (Å²) >= 11 is 3.50. The van der Waals surface area contributed by atoms with Gasteiger partial charge in [-0.25, -0.2) is 0 Å². The Bertz CT molecular complexity index is 700. The molecule has 0 saturated heterocycles. The summed E-state index contributed by atoms with van der Waals surface area (Å²) in [5, 5.41) is 12.2. The monoisotopic (exact) mass is 345 g/mol. The Hall–Kier alpha value is -2.01. The van der Waals surface area contributed by atoms with Crippen molar-refractivity contribution in [3.63, 3.8) is 0 Å². The lowest BCUT2D eigenvalue weighted by Crippen LogP contribution is -2.27. The molecule has 1 aliphatic rings. The minimum Gasteiger partial charge on any atom is -0.409 e. The van der Waals surface area contributed by atoms with Gasteiger partial charge in [-0.15, -0.1) is 0 Å². The van der Waals surface area contributed by atoms with Crippen molar-refractivity contribution in [1.29, 1.82) is 0 Å². The second kappa shape index (κ2) is 5.77. The van der Waals surface area contributed by atoms with Crippen molar-refractivity contribution in [2.75, 3.05) is 11.4 Å². The number of hydrogen-bond acceptors (Lipinski definition) is 3. The summed E-state index contributed by atoms with van der Waals surface area (Å²) in [6.07, 6.45) is 2.17. The van der Waals surface area contributed by atoms with Crippen LogP contribution in [0.5, 0.6) is 0 Å². The molecule has 0 unspecified atom stereocenters.